The molecule has 0 saturated carbocycles. The van der Waals surface area contributed by atoms with Crippen LogP contribution in [0.3, 0.4) is 0 Å². The smallest absolute Gasteiger partial charge is 0.311 e. The first-order chi connectivity index (χ1) is 43.5. The van der Waals surface area contributed by atoms with Gasteiger partial charge in [0.1, 0.15) is 0 Å². The molecule has 0 saturated heterocycles. The van der Waals surface area contributed by atoms with Gasteiger partial charge in [-0.25, -0.2) is 0 Å². The summed E-state index contributed by atoms with van der Waals surface area (Å²) in [7, 11) is 1.70. The van der Waals surface area contributed by atoms with E-state index in [4.69, 9.17) is 99.5 Å². The maximum Gasteiger partial charge on any atom is 0.311 e. The summed E-state index contributed by atoms with van der Waals surface area (Å²) in [5, 5.41) is 0. The minimum atomic E-state index is -0.463. The Kier molecular flexibility index (Phi) is 76.9. The lowest BCUT2D eigenvalue weighted by molar-refractivity contribution is -0.153. The number of hydrogen-bond acceptors (Lipinski definition) is 22. The van der Waals surface area contributed by atoms with Crippen LogP contribution < -0.4 is 0 Å². The van der Waals surface area contributed by atoms with Crippen molar-refractivity contribution in [2.75, 3.05) is 271 Å². The summed E-state index contributed by atoms with van der Waals surface area (Å²) in [5.41, 5.74) is -0.463. The Bertz CT molecular complexity index is 1270. The predicted octanol–water partition coefficient (Wildman–Crippen LogP) is 9.34. The summed E-state index contributed by atoms with van der Waals surface area (Å²) >= 11 is 0. The molecule has 0 aromatic carbocycles. The van der Waals surface area contributed by atoms with E-state index >= 15 is 0 Å². The summed E-state index contributed by atoms with van der Waals surface area (Å²) in [6.45, 7) is 33.1. The van der Waals surface area contributed by atoms with Crippen molar-refractivity contribution in [2.24, 2.45) is 5.41 Å². The van der Waals surface area contributed by atoms with Gasteiger partial charge in [-0.3, -0.25) is 4.79 Å². The molecule has 22 nitrogen and oxygen atoms in total. The average molecular weight is 1280 g/mol. The third-order valence-electron chi connectivity index (χ3n) is 12.3. The standard InChI is InChI=1S/C66H132O22/c1-66(2,3)65(67)88-64-24-63-87-62-23-61-86-60-22-59-85-58-21-57-84-56-20-55-83-54-19-53-82-52-18-51-81-50-17-49-80-48-16-47-79-46-15-45-78-44-14-43-77-42-13-41-76-40-12-39-75-38-11-37-74-36-10-35-73-34-9-33-72-32-8-31-71-30-7-29-70-28-6-27-69-26-5-25-68-4/h5-64H2,1-4H3. The van der Waals surface area contributed by atoms with Gasteiger partial charge in [0.05, 0.1) is 12.0 Å². The van der Waals surface area contributed by atoms with Crippen molar-refractivity contribution < 1.29 is 104 Å². The van der Waals surface area contributed by atoms with Crippen molar-refractivity contribution in [2.45, 2.75) is 149 Å². The predicted molar refractivity (Wildman–Crippen MR) is 340 cm³/mol. The number of hydrogen-bond donors (Lipinski definition) is 0. The van der Waals surface area contributed by atoms with Gasteiger partial charge in [-0.15, -0.1) is 0 Å². The molecule has 0 atom stereocenters. The Morgan fingerprint density at radius 3 is 0.386 bits per heavy atom. The fraction of sp³-hybridized carbons (Fsp3) is 0.985. The van der Waals surface area contributed by atoms with E-state index in [-0.39, 0.29) is 5.97 Å². The van der Waals surface area contributed by atoms with Gasteiger partial charge >= 0.3 is 5.97 Å². The van der Waals surface area contributed by atoms with Crippen molar-refractivity contribution in [3.8, 4) is 0 Å². The molecular weight excluding hydrogens is 1140 g/mol. The van der Waals surface area contributed by atoms with Crippen LogP contribution in [0.5, 0.6) is 0 Å². The van der Waals surface area contributed by atoms with Crippen molar-refractivity contribution in [1.29, 1.82) is 0 Å². The van der Waals surface area contributed by atoms with Crippen molar-refractivity contribution in [1.82, 2.24) is 0 Å². The molecule has 0 radical (unpaired) electrons. The highest BCUT2D eigenvalue weighted by Crippen LogP contribution is 2.15. The number of esters is 1. The molecule has 0 aliphatic rings. The summed E-state index contributed by atoms with van der Waals surface area (Å²) < 4.78 is 118. The SMILES string of the molecule is COCCCOCCCOCCCOCCCOCCCOCCCOCCCOCCCOCCCOCCCOCCCOCCCOCCCOCCCOCCCOCCCOCCCOCCCOCCCOCCCOC(=O)C(C)(C)C. The van der Waals surface area contributed by atoms with Gasteiger partial charge in [0.15, 0.2) is 0 Å². The van der Waals surface area contributed by atoms with Crippen LogP contribution in [0.1, 0.15) is 149 Å². The van der Waals surface area contributed by atoms with E-state index < -0.39 is 5.41 Å². The van der Waals surface area contributed by atoms with Gasteiger partial charge in [0.25, 0.3) is 0 Å². The van der Waals surface area contributed by atoms with Crippen molar-refractivity contribution >= 4 is 5.97 Å². The third-order valence-corrected chi connectivity index (χ3v) is 12.3. The molecule has 0 rings (SSSR count). The zero-order chi connectivity index (χ0) is 63.4. The van der Waals surface area contributed by atoms with Crippen LogP contribution in [0.15, 0.2) is 0 Å². The van der Waals surface area contributed by atoms with E-state index in [9.17, 15) is 4.79 Å². The van der Waals surface area contributed by atoms with Crippen molar-refractivity contribution in [3.05, 3.63) is 0 Å². The zero-order valence-corrected chi connectivity index (χ0v) is 56.4. The molecule has 0 fully saturated rings. The Labute approximate surface area is 534 Å². The number of carbonyl (C=O) groups is 1. The number of carbonyl (C=O) groups excluding carboxylic acids is 1. The molecule has 88 heavy (non-hydrogen) atoms. The van der Waals surface area contributed by atoms with Crippen LogP contribution in [0, 0.1) is 5.41 Å². The number of methoxy groups -OCH3 is 1. The first-order valence-corrected chi connectivity index (χ1v) is 34.1. The monoisotopic (exact) mass is 1280 g/mol. The van der Waals surface area contributed by atoms with E-state index in [2.05, 4.69) is 0 Å². The van der Waals surface area contributed by atoms with Crippen LogP contribution in [0.2, 0.25) is 0 Å². The van der Waals surface area contributed by atoms with Crippen LogP contribution >= 0.6 is 0 Å². The molecule has 0 unspecified atom stereocenters. The molecule has 0 aliphatic carbocycles. The Balaban J connectivity index is 3.10. The second-order valence-electron chi connectivity index (χ2n) is 22.1. The molecule has 0 bridgehead atoms. The van der Waals surface area contributed by atoms with E-state index in [1.54, 1.807) is 7.11 Å². The summed E-state index contributed by atoms with van der Waals surface area (Å²) in [4.78, 5) is 11.7. The molecule has 0 aliphatic heterocycles. The fourth-order valence-electron chi connectivity index (χ4n) is 7.52. The first-order valence-electron chi connectivity index (χ1n) is 34.1. The van der Waals surface area contributed by atoms with Crippen LogP contribution in [-0.4, -0.2) is 277 Å². The molecule has 22 heteroatoms. The van der Waals surface area contributed by atoms with Gasteiger partial charge in [0, 0.05) is 271 Å². The normalized spacial score (nSPS) is 11.9. The summed E-state index contributed by atoms with van der Waals surface area (Å²) in [5.74, 6) is -0.179. The lowest BCUT2D eigenvalue weighted by Gasteiger charge is -2.16. The van der Waals surface area contributed by atoms with Crippen LogP contribution in [0.25, 0.3) is 0 Å². The lowest BCUT2D eigenvalue weighted by Crippen LogP contribution is -2.23. The Morgan fingerprint density at radius 2 is 0.284 bits per heavy atom. The molecule has 528 valence electrons. The summed E-state index contributed by atoms with van der Waals surface area (Å²) in [6, 6.07) is 0. The quantitative estimate of drug-likeness (QED) is 0.0410. The largest absolute Gasteiger partial charge is 0.465 e. The maximum absolute atomic E-state index is 11.7. The number of ether oxygens (including phenoxy) is 21. The third kappa shape index (κ3) is 78.9. The van der Waals surface area contributed by atoms with Gasteiger partial charge in [-0.05, 0) is 143 Å². The van der Waals surface area contributed by atoms with E-state index in [0.717, 1.165) is 155 Å². The van der Waals surface area contributed by atoms with E-state index in [0.29, 0.717) is 238 Å². The molecule has 0 spiro atoms. The molecule has 0 heterocycles. The van der Waals surface area contributed by atoms with Gasteiger partial charge in [-0.1, -0.05) is 0 Å². The second kappa shape index (κ2) is 78.1. The topological polar surface area (TPSA) is 211 Å². The van der Waals surface area contributed by atoms with Crippen LogP contribution in [0.4, 0.5) is 0 Å². The highest BCUT2D eigenvalue weighted by molar-refractivity contribution is 5.75. The highest BCUT2D eigenvalue weighted by atomic mass is 16.6. The minimum Gasteiger partial charge on any atom is -0.465 e. The van der Waals surface area contributed by atoms with Crippen molar-refractivity contribution in [3.63, 3.8) is 0 Å². The van der Waals surface area contributed by atoms with E-state index in [1.807, 2.05) is 20.8 Å². The van der Waals surface area contributed by atoms with Gasteiger partial charge < -0.3 is 99.5 Å². The molecule has 0 N–H and O–H groups in total. The van der Waals surface area contributed by atoms with Crippen LogP contribution in [-0.2, 0) is 104 Å². The van der Waals surface area contributed by atoms with Gasteiger partial charge in [0.2, 0.25) is 0 Å². The van der Waals surface area contributed by atoms with E-state index in [1.165, 1.54) is 0 Å². The van der Waals surface area contributed by atoms with Gasteiger partial charge in [-0.2, -0.15) is 0 Å². The Hall–Kier alpha value is -1.33. The fourth-order valence-corrected chi connectivity index (χ4v) is 7.52. The Morgan fingerprint density at radius 1 is 0.182 bits per heavy atom. The molecule has 0 amide bonds. The lowest BCUT2D eigenvalue weighted by atomic mass is 9.97. The summed E-state index contributed by atoms with van der Waals surface area (Å²) in [6.07, 6.45) is 17.6. The molecule has 0 aromatic heterocycles. The highest BCUT2D eigenvalue weighted by Gasteiger charge is 2.22. The second-order valence-corrected chi connectivity index (χ2v) is 22.1. The zero-order valence-electron chi connectivity index (χ0n) is 56.4. The maximum atomic E-state index is 11.7. The number of rotatable bonds is 80. The first kappa shape index (κ1) is 86.7. The minimum absolute atomic E-state index is 0.179. The molecule has 0 aromatic rings. The molecular formula is C66H132O22. The average Bonchev–Trinajstić information content (AvgIpc) is 3.60.